The molecular weight excluding hydrogens is 350 g/mol. The molecule has 1 aromatic carbocycles. The number of hydrogen-bond acceptors (Lipinski definition) is 8. The molecule has 0 bridgehead atoms. The van der Waals surface area contributed by atoms with Gasteiger partial charge >= 0.3 is 5.97 Å². The molecule has 9 nitrogen and oxygen atoms in total. The number of carboxylic acids is 1. The Morgan fingerprint density at radius 3 is 2.72 bits per heavy atom. The van der Waals surface area contributed by atoms with E-state index in [2.05, 4.69) is 25.4 Å². The minimum absolute atomic E-state index is 0.127. The minimum atomic E-state index is -1.14. The Balaban J connectivity index is 1.51. The molecule has 0 atom stereocenters. The monoisotopic (exact) mass is 361 g/mol. The van der Waals surface area contributed by atoms with Crippen molar-refractivity contribution in [3.05, 3.63) is 59.1 Å². The molecule has 3 aromatic rings. The molecule has 0 unspecified atom stereocenters. The lowest BCUT2D eigenvalue weighted by Gasteiger charge is -2.02. The number of nitrogens with one attached hydrogen (secondary N) is 1. The van der Waals surface area contributed by atoms with Gasteiger partial charge in [-0.3, -0.25) is 0 Å². The van der Waals surface area contributed by atoms with Crippen molar-refractivity contribution in [2.75, 3.05) is 5.32 Å². The third kappa shape index (κ3) is 4.64. The summed E-state index contributed by atoms with van der Waals surface area (Å²) < 4.78 is 10.6. The van der Waals surface area contributed by atoms with E-state index in [1.54, 1.807) is 24.3 Å². The molecule has 128 valence electrons. The number of ether oxygens (including phenoxy) is 1. The van der Waals surface area contributed by atoms with E-state index in [-0.39, 0.29) is 18.8 Å². The zero-order valence-corrected chi connectivity index (χ0v) is 13.5. The van der Waals surface area contributed by atoms with Crippen LogP contribution in [0.4, 0.5) is 5.82 Å². The third-order valence-electron chi connectivity index (χ3n) is 2.98. The number of aromatic nitrogens is 4. The minimum Gasteiger partial charge on any atom is -0.484 e. The number of anilines is 1. The normalized spacial score (nSPS) is 10.4. The van der Waals surface area contributed by atoms with Crippen molar-refractivity contribution < 1.29 is 19.2 Å². The number of nitrogens with zero attached hydrogens (tertiary/aromatic N) is 4. The Morgan fingerprint density at radius 1 is 1.24 bits per heavy atom. The lowest BCUT2D eigenvalue weighted by molar-refractivity contribution is 0.0690. The van der Waals surface area contributed by atoms with Gasteiger partial charge in [0.05, 0.1) is 18.9 Å². The molecule has 0 saturated heterocycles. The summed E-state index contributed by atoms with van der Waals surface area (Å²) in [6, 6.07) is 6.91. The van der Waals surface area contributed by atoms with Gasteiger partial charge in [0.15, 0.2) is 18.1 Å². The van der Waals surface area contributed by atoms with Gasteiger partial charge in [-0.1, -0.05) is 16.8 Å². The SMILES string of the molecule is O=C(O)c1cnc(NCc2noc(COc3ccc(Cl)cc3)n2)cn1. The molecule has 0 amide bonds. The van der Waals surface area contributed by atoms with Crippen LogP contribution in [-0.4, -0.2) is 31.2 Å². The van der Waals surface area contributed by atoms with Gasteiger partial charge in [0, 0.05) is 5.02 Å². The number of benzene rings is 1. The number of halogens is 1. The van der Waals surface area contributed by atoms with Crippen molar-refractivity contribution in [1.29, 1.82) is 0 Å². The first-order valence-electron chi connectivity index (χ1n) is 7.09. The van der Waals surface area contributed by atoms with Crippen LogP contribution in [0, 0.1) is 0 Å². The van der Waals surface area contributed by atoms with Crippen LogP contribution in [0.2, 0.25) is 5.02 Å². The average molecular weight is 362 g/mol. The molecule has 0 saturated carbocycles. The second-order valence-electron chi connectivity index (χ2n) is 4.79. The van der Waals surface area contributed by atoms with Gasteiger partial charge in [-0.15, -0.1) is 0 Å². The fraction of sp³-hybridized carbons (Fsp3) is 0.133. The van der Waals surface area contributed by atoms with E-state index in [9.17, 15) is 4.79 Å². The van der Waals surface area contributed by atoms with Crippen LogP contribution in [0.3, 0.4) is 0 Å². The quantitative estimate of drug-likeness (QED) is 0.652. The van der Waals surface area contributed by atoms with Gasteiger partial charge in [-0.2, -0.15) is 4.98 Å². The summed E-state index contributed by atoms with van der Waals surface area (Å²) in [6.45, 7) is 0.368. The summed E-state index contributed by atoms with van der Waals surface area (Å²) in [5, 5.41) is 16.1. The molecule has 2 N–H and O–H groups in total. The van der Waals surface area contributed by atoms with E-state index in [1.165, 1.54) is 6.20 Å². The predicted octanol–water partition coefficient (Wildman–Crippen LogP) is 2.40. The molecule has 0 aliphatic rings. The first kappa shape index (κ1) is 16.7. The number of carbonyl (C=O) groups is 1. The van der Waals surface area contributed by atoms with E-state index >= 15 is 0 Å². The smallest absolute Gasteiger partial charge is 0.356 e. The molecule has 10 heteroatoms. The highest BCUT2D eigenvalue weighted by atomic mass is 35.5. The van der Waals surface area contributed by atoms with Crippen LogP contribution >= 0.6 is 11.6 Å². The fourth-order valence-corrected chi connectivity index (χ4v) is 1.92. The standard InChI is InChI=1S/C15H12ClN5O4/c16-9-1-3-10(4-2-9)24-8-14-20-13(21-25-14)7-19-12-6-17-11(5-18-12)15(22)23/h1-6H,7-8H2,(H,18,19)(H,22,23). The summed E-state index contributed by atoms with van der Waals surface area (Å²) in [5.41, 5.74) is -0.133. The van der Waals surface area contributed by atoms with Crippen LogP contribution in [0.15, 0.2) is 41.2 Å². The van der Waals surface area contributed by atoms with Crippen molar-refractivity contribution in [3.63, 3.8) is 0 Å². The molecule has 2 aromatic heterocycles. The van der Waals surface area contributed by atoms with E-state index < -0.39 is 5.97 Å². The summed E-state index contributed by atoms with van der Waals surface area (Å²) >= 11 is 5.80. The van der Waals surface area contributed by atoms with Crippen molar-refractivity contribution in [2.45, 2.75) is 13.2 Å². The van der Waals surface area contributed by atoms with Crippen molar-refractivity contribution in [1.82, 2.24) is 20.1 Å². The maximum Gasteiger partial charge on any atom is 0.356 e. The maximum atomic E-state index is 10.7. The van der Waals surface area contributed by atoms with Crippen LogP contribution < -0.4 is 10.1 Å². The van der Waals surface area contributed by atoms with Gasteiger partial charge < -0.3 is 19.7 Å². The third-order valence-corrected chi connectivity index (χ3v) is 3.24. The topological polar surface area (TPSA) is 123 Å². The molecule has 0 aliphatic heterocycles. The second-order valence-corrected chi connectivity index (χ2v) is 5.23. The Labute approximate surface area is 146 Å². The zero-order valence-electron chi connectivity index (χ0n) is 12.7. The summed E-state index contributed by atoms with van der Waals surface area (Å²) in [4.78, 5) is 22.5. The highest BCUT2D eigenvalue weighted by Gasteiger charge is 2.09. The summed E-state index contributed by atoms with van der Waals surface area (Å²) in [6.07, 6.45) is 2.47. The molecule has 3 rings (SSSR count). The van der Waals surface area contributed by atoms with E-state index in [0.717, 1.165) is 6.20 Å². The lowest BCUT2D eigenvalue weighted by Crippen LogP contribution is -2.06. The molecule has 0 fully saturated rings. The number of aromatic carboxylic acids is 1. The molecule has 0 radical (unpaired) electrons. The summed E-state index contributed by atoms with van der Waals surface area (Å²) in [5.74, 6) is 0.616. The van der Waals surface area contributed by atoms with E-state index in [0.29, 0.717) is 28.3 Å². The molecule has 0 aliphatic carbocycles. The van der Waals surface area contributed by atoms with Crippen LogP contribution in [0.25, 0.3) is 0 Å². The molecular formula is C15H12ClN5O4. The average Bonchev–Trinajstić information content (AvgIpc) is 3.08. The number of rotatable bonds is 7. The molecule has 0 spiro atoms. The maximum absolute atomic E-state index is 10.7. The summed E-state index contributed by atoms with van der Waals surface area (Å²) in [7, 11) is 0. The number of hydrogen-bond donors (Lipinski definition) is 2. The first-order chi connectivity index (χ1) is 12.1. The Bertz CT molecular complexity index is 851. The van der Waals surface area contributed by atoms with Gasteiger partial charge in [0.2, 0.25) is 0 Å². The van der Waals surface area contributed by atoms with Crippen LogP contribution in [-0.2, 0) is 13.2 Å². The van der Waals surface area contributed by atoms with Crippen molar-refractivity contribution in [3.8, 4) is 5.75 Å². The van der Waals surface area contributed by atoms with Gasteiger partial charge in [0.25, 0.3) is 5.89 Å². The largest absolute Gasteiger partial charge is 0.484 e. The Morgan fingerprint density at radius 2 is 2.04 bits per heavy atom. The van der Waals surface area contributed by atoms with Gasteiger partial charge in [0.1, 0.15) is 11.6 Å². The van der Waals surface area contributed by atoms with E-state index in [1.807, 2.05) is 0 Å². The van der Waals surface area contributed by atoms with Gasteiger partial charge in [-0.05, 0) is 24.3 Å². The number of carboxylic acid groups (broad SMARTS) is 1. The molecule has 2 heterocycles. The fourth-order valence-electron chi connectivity index (χ4n) is 1.80. The van der Waals surface area contributed by atoms with Crippen LogP contribution in [0.1, 0.15) is 22.2 Å². The zero-order chi connectivity index (χ0) is 17.6. The first-order valence-corrected chi connectivity index (χ1v) is 7.47. The van der Waals surface area contributed by atoms with Crippen molar-refractivity contribution in [2.24, 2.45) is 0 Å². The highest BCUT2D eigenvalue weighted by molar-refractivity contribution is 6.30. The Hall–Kier alpha value is -3.20. The van der Waals surface area contributed by atoms with E-state index in [4.69, 9.17) is 26.0 Å². The predicted molar refractivity (Wildman–Crippen MR) is 86.4 cm³/mol. The van der Waals surface area contributed by atoms with Crippen molar-refractivity contribution >= 4 is 23.4 Å². The Kier molecular flexibility index (Phi) is 5.05. The second kappa shape index (κ2) is 7.58. The molecule has 25 heavy (non-hydrogen) atoms. The van der Waals surface area contributed by atoms with Gasteiger partial charge in [-0.25, -0.2) is 14.8 Å². The lowest BCUT2D eigenvalue weighted by atomic mass is 10.3. The van der Waals surface area contributed by atoms with Crippen LogP contribution in [0.5, 0.6) is 5.75 Å². The highest BCUT2D eigenvalue weighted by Crippen LogP contribution is 2.16.